The van der Waals surface area contributed by atoms with Crippen molar-refractivity contribution in [3.05, 3.63) is 6.92 Å². The van der Waals surface area contributed by atoms with E-state index in [0.717, 1.165) is 6.54 Å². The molecule has 59 valence electrons. The Kier molecular flexibility index (Phi) is 2.88. The van der Waals surface area contributed by atoms with Gasteiger partial charge in [0.15, 0.2) is 0 Å². The van der Waals surface area contributed by atoms with E-state index < -0.39 is 0 Å². The van der Waals surface area contributed by atoms with Crippen molar-refractivity contribution in [2.24, 2.45) is 0 Å². The molecule has 0 aromatic carbocycles. The number of amides is 1. The fourth-order valence-electron chi connectivity index (χ4n) is 1.02. The summed E-state index contributed by atoms with van der Waals surface area (Å²) >= 11 is 0. The summed E-state index contributed by atoms with van der Waals surface area (Å²) in [4.78, 5) is 12.6. The van der Waals surface area contributed by atoms with Crippen molar-refractivity contribution in [3.63, 3.8) is 0 Å². The molecule has 0 saturated heterocycles. The number of hydrogen-bond acceptors (Lipinski definition) is 1. The quantitative estimate of drug-likeness (QED) is 0.543. The molecule has 0 N–H and O–H groups in total. The Labute approximate surface area is 63.2 Å². The highest BCUT2D eigenvalue weighted by atomic mass is 16.2. The van der Waals surface area contributed by atoms with Crippen molar-refractivity contribution < 1.29 is 4.79 Å². The molecule has 1 amide bonds. The number of carbonyl (C=O) groups is 1. The van der Waals surface area contributed by atoms with E-state index in [1.807, 2.05) is 27.7 Å². The lowest BCUT2D eigenvalue weighted by atomic mass is 10.1. The van der Waals surface area contributed by atoms with E-state index in [0.29, 0.717) is 0 Å². The lowest BCUT2D eigenvalue weighted by molar-refractivity contribution is -0.130. The Balaban J connectivity index is 4.22. The SMILES string of the molecule is [CH2]C(=O)N(CC)C(C)(C)C. The third kappa shape index (κ3) is 2.38. The van der Waals surface area contributed by atoms with Crippen molar-refractivity contribution in [1.82, 2.24) is 4.90 Å². The van der Waals surface area contributed by atoms with Gasteiger partial charge in [-0.3, -0.25) is 4.79 Å². The Bertz CT molecular complexity index is 124. The molecular weight excluding hydrogens is 126 g/mol. The van der Waals surface area contributed by atoms with Crippen LogP contribution in [-0.4, -0.2) is 22.9 Å². The summed E-state index contributed by atoms with van der Waals surface area (Å²) in [5.74, 6) is -0.102. The first-order valence-electron chi connectivity index (χ1n) is 3.53. The van der Waals surface area contributed by atoms with Crippen molar-refractivity contribution in [3.8, 4) is 0 Å². The predicted octanol–water partition coefficient (Wildman–Crippen LogP) is 1.47. The van der Waals surface area contributed by atoms with Gasteiger partial charge in [-0.25, -0.2) is 0 Å². The smallest absolute Gasteiger partial charge is 0.223 e. The predicted molar refractivity (Wildman–Crippen MR) is 42.5 cm³/mol. The van der Waals surface area contributed by atoms with Gasteiger partial charge in [-0.15, -0.1) is 0 Å². The highest BCUT2D eigenvalue weighted by Gasteiger charge is 2.21. The molecule has 0 heterocycles. The summed E-state index contributed by atoms with van der Waals surface area (Å²) in [5, 5.41) is 0. The summed E-state index contributed by atoms with van der Waals surface area (Å²) in [6.45, 7) is 12.0. The van der Waals surface area contributed by atoms with Crippen molar-refractivity contribution in [2.75, 3.05) is 6.54 Å². The van der Waals surface area contributed by atoms with Crippen LogP contribution < -0.4 is 0 Å². The first-order chi connectivity index (χ1) is 4.39. The lowest BCUT2D eigenvalue weighted by Gasteiger charge is -2.33. The molecule has 2 nitrogen and oxygen atoms in total. The molecule has 0 atom stereocenters. The molecule has 0 aliphatic carbocycles. The first-order valence-corrected chi connectivity index (χ1v) is 3.53. The van der Waals surface area contributed by atoms with Crippen LogP contribution in [0.5, 0.6) is 0 Å². The molecule has 0 saturated carbocycles. The van der Waals surface area contributed by atoms with E-state index >= 15 is 0 Å². The molecule has 0 unspecified atom stereocenters. The van der Waals surface area contributed by atoms with Crippen molar-refractivity contribution in [1.29, 1.82) is 0 Å². The highest BCUT2D eigenvalue weighted by Crippen LogP contribution is 2.11. The summed E-state index contributed by atoms with van der Waals surface area (Å²) in [5.41, 5.74) is -0.0897. The molecule has 0 rings (SSSR count). The van der Waals surface area contributed by atoms with Gasteiger partial charge in [0, 0.05) is 19.0 Å². The van der Waals surface area contributed by atoms with Crippen LogP contribution in [0, 0.1) is 6.92 Å². The van der Waals surface area contributed by atoms with Gasteiger partial charge in [-0.1, -0.05) is 0 Å². The minimum absolute atomic E-state index is 0.0897. The average Bonchev–Trinajstić information content (AvgIpc) is 1.60. The topological polar surface area (TPSA) is 20.3 Å². The summed E-state index contributed by atoms with van der Waals surface area (Å²) in [6, 6.07) is 0. The molecule has 0 aromatic heterocycles. The van der Waals surface area contributed by atoms with Crippen LogP contribution in [0.15, 0.2) is 0 Å². The van der Waals surface area contributed by atoms with Gasteiger partial charge in [-0.2, -0.15) is 0 Å². The van der Waals surface area contributed by atoms with E-state index in [4.69, 9.17) is 0 Å². The summed E-state index contributed by atoms with van der Waals surface area (Å²) in [7, 11) is 0. The van der Waals surface area contributed by atoms with E-state index in [-0.39, 0.29) is 11.4 Å². The third-order valence-corrected chi connectivity index (χ3v) is 1.43. The fraction of sp³-hybridized carbons (Fsp3) is 0.750. The van der Waals surface area contributed by atoms with Gasteiger partial charge < -0.3 is 4.90 Å². The minimum Gasteiger partial charge on any atom is -0.338 e. The van der Waals surface area contributed by atoms with Crippen LogP contribution in [0.3, 0.4) is 0 Å². The second-order valence-corrected chi connectivity index (χ2v) is 3.31. The number of carbonyl (C=O) groups excluding carboxylic acids is 1. The zero-order valence-corrected chi connectivity index (χ0v) is 7.27. The maximum Gasteiger partial charge on any atom is 0.223 e. The van der Waals surface area contributed by atoms with E-state index in [9.17, 15) is 4.79 Å². The molecule has 0 fully saturated rings. The minimum atomic E-state index is -0.102. The standard InChI is InChI=1S/C8H16NO/c1-6-9(7(2)10)8(3,4)5/h2,6H2,1,3-5H3. The van der Waals surface area contributed by atoms with Crippen LogP contribution in [0.25, 0.3) is 0 Å². The number of nitrogens with zero attached hydrogens (tertiary/aromatic N) is 1. The lowest BCUT2D eigenvalue weighted by Crippen LogP contribution is -2.44. The third-order valence-electron chi connectivity index (χ3n) is 1.43. The molecule has 1 radical (unpaired) electrons. The zero-order chi connectivity index (χ0) is 8.36. The zero-order valence-electron chi connectivity index (χ0n) is 7.27. The van der Waals surface area contributed by atoms with Gasteiger partial charge in [0.2, 0.25) is 5.91 Å². The molecule has 2 heteroatoms. The highest BCUT2D eigenvalue weighted by molar-refractivity contribution is 5.80. The summed E-state index contributed by atoms with van der Waals surface area (Å²) in [6.07, 6.45) is 0. The van der Waals surface area contributed by atoms with Gasteiger partial charge in [0.1, 0.15) is 0 Å². The van der Waals surface area contributed by atoms with Crippen LogP contribution in [0.1, 0.15) is 27.7 Å². The second kappa shape index (κ2) is 3.04. The van der Waals surface area contributed by atoms with Crippen LogP contribution in [-0.2, 0) is 4.79 Å². The molecule has 10 heavy (non-hydrogen) atoms. The average molecular weight is 142 g/mol. The van der Waals surface area contributed by atoms with E-state index in [1.54, 1.807) is 4.90 Å². The molecule has 0 spiro atoms. The van der Waals surface area contributed by atoms with Crippen molar-refractivity contribution in [2.45, 2.75) is 33.2 Å². The van der Waals surface area contributed by atoms with E-state index in [2.05, 4.69) is 6.92 Å². The van der Waals surface area contributed by atoms with Gasteiger partial charge in [0.05, 0.1) is 0 Å². The Morgan fingerprint density at radius 1 is 1.50 bits per heavy atom. The largest absolute Gasteiger partial charge is 0.338 e. The van der Waals surface area contributed by atoms with E-state index in [1.165, 1.54) is 0 Å². The van der Waals surface area contributed by atoms with Gasteiger partial charge >= 0.3 is 0 Å². The normalized spacial score (nSPS) is 11.3. The van der Waals surface area contributed by atoms with Crippen molar-refractivity contribution >= 4 is 5.91 Å². The van der Waals surface area contributed by atoms with Gasteiger partial charge in [-0.05, 0) is 27.7 Å². The molecule has 0 aromatic rings. The van der Waals surface area contributed by atoms with Crippen LogP contribution in [0.2, 0.25) is 0 Å². The Morgan fingerprint density at radius 3 is 1.90 bits per heavy atom. The fourth-order valence-corrected chi connectivity index (χ4v) is 1.02. The Morgan fingerprint density at radius 2 is 1.90 bits per heavy atom. The number of hydrogen-bond donors (Lipinski definition) is 0. The molecule has 0 bridgehead atoms. The van der Waals surface area contributed by atoms with Crippen LogP contribution in [0.4, 0.5) is 0 Å². The Hall–Kier alpha value is -0.530. The molecular formula is C8H16NO. The maximum atomic E-state index is 10.8. The maximum absolute atomic E-state index is 10.8. The first kappa shape index (κ1) is 9.47. The molecule has 0 aliphatic heterocycles. The number of rotatable bonds is 1. The summed E-state index contributed by atoms with van der Waals surface area (Å²) < 4.78 is 0. The van der Waals surface area contributed by atoms with Crippen LogP contribution >= 0.6 is 0 Å². The second-order valence-electron chi connectivity index (χ2n) is 3.31. The monoisotopic (exact) mass is 142 g/mol. The molecule has 0 aliphatic rings. The van der Waals surface area contributed by atoms with Gasteiger partial charge in [0.25, 0.3) is 0 Å².